The summed E-state index contributed by atoms with van der Waals surface area (Å²) in [5.41, 5.74) is -0.283. The van der Waals surface area contributed by atoms with Crippen LogP contribution in [0.4, 0.5) is 13.2 Å². The van der Waals surface area contributed by atoms with Crippen molar-refractivity contribution in [2.75, 3.05) is 19.8 Å². The van der Waals surface area contributed by atoms with Crippen LogP contribution < -0.4 is 4.74 Å². The zero-order chi connectivity index (χ0) is 16.6. The SMILES string of the molecule is CCC(C)(COCC=C(Cl)C(F)(F)F)COc1ccccc1. The fourth-order valence-corrected chi connectivity index (χ4v) is 1.64. The molecular weight excluding hydrogens is 317 g/mol. The van der Waals surface area contributed by atoms with Crippen LogP contribution in [0.5, 0.6) is 5.75 Å². The van der Waals surface area contributed by atoms with Crippen molar-refractivity contribution in [3.63, 3.8) is 0 Å². The van der Waals surface area contributed by atoms with Gasteiger partial charge in [-0.05, 0) is 24.6 Å². The second-order valence-corrected chi connectivity index (χ2v) is 5.74. The molecule has 0 radical (unpaired) electrons. The molecule has 1 atom stereocenters. The molecule has 1 aromatic carbocycles. The fourth-order valence-electron chi connectivity index (χ4n) is 1.57. The summed E-state index contributed by atoms with van der Waals surface area (Å²) < 4.78 is 47.6. The fraction of sp³-hybridized carbons (Fsp3) is 0.500. The standard InChI is InChI=1S/C16H20ClF3O2/c1-3-15(2,12-22-13-7-5-4-6-8-13)11-21-10-9-14(17)16(18,19)20/h4-9H,3,10-12H2,1-2H3. The predicted octanol–water partition coefficient (Wildman–Crippen LogP) is 5.18. The molecule has 0 aromatic heterocycles. The van der Waals surface area contributed by atoms with Gasteiger partial charge in [0.25, 0.3) is 0 Å². The van der Waals surface area contributed by atoms with Crippen molar-refractivity contribution in [3.05, 3.63) is 41.4 Å². The molecule has 0 aliphatic rings. The zero-order valence-electron chi connectivity index (χ0n) is 12.6. The van der Waals surface area contributed by atoms with Crippen LogP contribution in [0.1, 0.15) is 20.3 Å². The predicted molar refractivity (Wildman–Crippen MR) is 81.1 cm³/mol. The average Bonchev–Trinajstić information content (AvgIpc) is 2.49. The summed E-state index contributed by atoms with van der Waals surface area (Å²) in [5, 5.41) is -1.16. The lowest BCUT2D eigenvalue weighted by molar-refractivity contribution is -0.0852. The van der Waals surface area contributed by atoms with Crippen molar-refractivity contribution in [1.29, 1.82) is 0 Å². The van der Waals surface area contributed by atoms with E-state index in [9.17, 15) is 13.2 Å². The van der Waals surface area contributed by atoms with Crippen molar-refractivity contribution in [1.82, 2.24) is 0 Å². The molecular formula is C16H20ClF3O2. The van der Waals surface area contributed by atoms with E-state index in [0.717, 1.165) is 18.2 Å². The van der Waals surface area contributed by atoms with E-state index in [0.29, 0.717) is 6.61 Å². The first kappa shape index (κ1) is 18.8. The van der Waals surface area contributed by atoms with Gasteiger partial charge in [-0.1, -0.05) is 43.6 Å². The quantitative estimate of drug-likeness (QED) is 0.609. The van der Waals surface area contributed by atoms with Crippen LogP contribution in [0.3, 0.4) is 0 Å². The van der Waals surface area contributed by atoms with Gasteiger partial charge >= 0.3 is 6.18 Å². The van der Waals surface area contributed by atoms with Crippen LogP contribution in [-0.2, 0) is 4.74 Å². The van der Waals surface area contributed by atoms with Crippen molar-refractivity contribution >= 4 is 11.6 Å². The molecule has 0 spiro atoms. The maximum absolute atomic E-state index is 12.2. The zero-order valence-corrected chi connectivity index (χ0v) is 13.4. The normalized spacial score (nSPS) is 15.5. The third-order valence-electron chi connectivity index (χ3n) is 3.29. The van der Waals surface area contributed by atoms with Gasteiger partial charge in [-0.25, -0.2) is 0 Å². The molecule has 0 fully saturated rings. The summed E-state index contributed by atoms with van der Waals surface area (Å²) in [6.07, 6.45) is -2.92. The third-order valence-corrected chi connectivity index (χ3v) is 3.65. The number of hydrogen-bond acceptors (Lipinski definition) is 2. The number of hydrogen-bond donors (Lipinski definition) is 0. The van der Waals surface area contributed by atoms with Crippen LogP contribution in [0, 0.1) is 5.41 Å². The minimum Gasteiger partial charge on any atom is -0.493 e. The van der Waals surface area contributed by atoms with Crippen LogP contribution in [-0.4, -0.2) is 26.0 Å². The van der Waals surface area contributed by atoms with Gasteiger partial charge in [-0.2, -0.15) is 13.2 Å². The van der Waals surface area contributed by atoms with Crippen molar-refractivity contribution in [2.45, 2.75) is 26.4 Å². The Bertz CT molecular complexity index is 474. The third kappa shape index (κ3) is 6.71. The Morgan fingerprint density at radius 3 is 2.36 bits per heavy atom. The molecule has 1 rings (SSSR count). The number of para-hydroxylation sites is 1. The largest absolute Gasteiger partial charge is 0.493 e. The van der Waals surface area contributed by atoms with Gasteiger partial charge in [-0.15, -0.1) is 0 Å². The first-order valence-electron chi connectivity index (χ1n) is 6.95. The summed E-state index contributed by atoms with van der Waals surface area (Å²) in [5.74, 6) is 0.752. The summed E-state index contributed by atoms with van der Waals surface area (Å²) >= 11 is 5.11. The highest BCUT2D eigenvalue weighted by atomic mass is 35.5. The van der Waals surface area contributed by atoms with Gasteiger partial charge < -0.3 is 9.47 Å². The highest BCUT2D eigenvalue weighted by Gasteiger charge is 2.32. The molecule has 0 N–H and O–H groups in total. The molecule has 22 heavy (non-hydrogen) atoms. The topological polar surface area (TPSA) is 18.5 Å². The first-order chi connectivity index (χ1) is 10.3. The Labute approximate surface area is 133 Å². The molecule has 124 valence electrons. The van der Waals surface area contributed by atoms with Crippen molar-refractivity contribution < 1.29 is 22.6 Å². The Balaban J connectivity index is 2.43. The molecule has 2 nitrogen and oxygen atoms in total. The molecule has 0 aliphatic carbocycles. The number of ether oxygens (including phenoxy) is 2. The van der Waals surface area contributed by atoms with E-state index in [1.807, 2.05) is 44.2 Å². The highest BCUT2D eigenvalue weighted by molar-refractivity contribution is 6.30. The van der Waals surface area contributed by atoms with E-state index in [-0.39, 0.29) is 18.6 Å². The molecule has 6 heteroatoms. The lowest BCUT2D eigenvalue weighted by atomic mass is 9.90. The maximum Gasteiger partial charge on any atom is 0.426 e. The first-order valence-corrected chi connectivity index (χ1v) is 7.33. The van der Waals surface area contributed by atoms with Gasteiger partial charge in [0.2, 0.25) is 0 Å². The Morgan fingerprint density at radius 1 is 1.18 bits per heavy atom. The second-order valence-electron chi connectivity index (χ2n) is 5.33. The molecule has 1 aromatic rings. The number of halogens is 4. The maximum atomic E-state index is 12.2. The van der Waals surface area contributed by atoms with Crippen LogP contribution in [0.25, 0.3) is 0 Å². The monoisotopic (exact) mass is 336 g/mol. The highest BCUT2D eigenvalue weighted by Crippen LogP contribution is 2.28. The van der Waals surface area contributed by atoms with Gasteiger partial charge in [0.15, 0.2) is 0 Å². The van der Waals surface area contributed by atoms with Crippen molar-refractivity contribution in [2.24, 2.45) is 5.41 Å². The average molecular weight is 337 g/mol. The second kappa shape index (κ2) is 8.44. The van der Waals surface area contributed by atoms with Crippen LogP contribution in [0.15, 0.2) is 41.4 Å². The van der Waals surface area contributed by atoms with Gasteiger partial charge in [-0.3, -0.25) is 0 Å². The minimum absolute atomic E-state index is 0.181. The lowest BCUT2D eigenvalue weighted by Crippen LogP contribution is -2.30. The van der Waals surface area contributed by atoms with E-state index in [2.05, 4.69) is 0 Å². The number of benzene rings is 1. The van der Waals surface area contributed by atoms with E-state index >= 15 is 0 Å². The Hall–Kier alpha value is -1.20. The molecule has 0 aliphatic heterocycles. The van der Waals surface area contributed by atoms with Gasteiger partial charge in [0, 0.05) is 5.41 Å². The summed E-state index contributed by atoms with van der Waals surface area (Å²) in [4.78, 5) is 0. The Morgan fingerprint density at radius 2 is 1.82 bits per heavy atom. The van der Waals surface area contributed by atoms with Crippen molar-refractivity contribution in [3.8, 4) is 5.75 Å². The van der Waals surface area contributed by atoms with E-state index in [1.54, 1.807) is 0 Å². The van der Waals surface area contributed by atoms with Crippen LogP contribution >= 0.6 is 11.6 Å². The van der Waals surface area contributed by atoms with Gasteiger partial charge in [0.05, 0.1) is 19.8 Å². The molecule has 0 amide bonds. The molecule has 0 bridgehead atoms. The smallest absolute Gasteiger partial charge is 0.426 e. The molecule has 1 unspecified atom stereocenters. The molecule has 0 heterocycles. The van der Waals surface area contributed by atoms with Gasteiger partial charge in [0.1, 0.15) is 10.8 Å². The van der Waals surface area contributed by atoms with Crippen LogP contribution in [0.2, 0.25) is 0 Å². The molecule has 0 saturated carbocycles. The number of alkyl halides is 3. The van der Waals surface area contributed by atoms with E-state index in [4.69, 9.17) is 21.1 Å². The van der Waals surface area contributed by atoms with E-state index in [1.165, 1.54) is 0 Å². The number of allylic oxidation sites excluding steroid dienone is 1. The lowest BCUT2D eigenvalue weighted by Gasteiger charge is -2.27. The Kier molecular flexibility index (Phi) is 7.23. The van der Waals surface area contributed by atoms with E-state index < -0.39 is 11.2 Å². The summed E-state index contributed by atoms with van der Waals surface area (Å²) in [7, 11) is 0. The summed E-state index contributed by atoms with van der Waals surface area (Å²) in [6, 6.07) is 9.34. The molecule has 0 saturated heterocycles. The number of rotatable bonds is 8. The summed E-state index contributed by atoms with van der Waals surface area (Å²) in [6.45, 7) is 4.47. The minimum atomic E-state index is -4.52.